The number of halogens is 1. The van der Waals surface area contributed by atoms with Gasteiger partial charge >= 0.3 is 0 Å². The smallest absolute Gasteiger partial charge is 0.106 e. The van der Waals surface area contributed by atoms with Crippen molar-refractivity contribution in [2.24, 2.45) is 5.73 Å². The van der Waals surface area contributed by atoms with Crippen molar-refractivity contribution in [1.29, 1.82) is 0 Å². The molecule has 1 fully saturated rings. The van der Waals surface area contributed by atoms with Crippen molar-refractivity contribution in [2.45, 2.75) is 31.2 Å². The largest absolute Gasteiger partial charge is 0.389 e. The number of nitrogens with zero attached hydrogens (tertiary/aromatic N) is 1. The molecule has 0 heterocycles. The molecule has 1 aliphatic rings. The number of likely N-dealkylation sites (N-methyl/N-ethyl adjacent to an activating group) is 1. The number of hydrogen-bond donors (Lipinski definition) is 2. The molecule has 0 atom stereocenters. The minimum absolute atomic E-state index is 0.229. The number of hydrogen-bond acceptors (Lipinski definition) is 3. The summed E-state index contributed by atoms with van der Waals surface area (Å²) in [5.41, 5.74) is 7.80. The van der Waals surface area contributed by atoms with Gasteiger partial charge in [0.25, 0.3) is 0 Å². The number of nitrogens with one attached hydrogen (secondary N) is 1. The van der Waals surface area contributed by atoms with Crippen molar-refractivity contribution in [3.05, 3.63) is 28.8 Å². The lowest BCUT2D eigenvalue weighted by Gasteiger charge is -2.37. The first kappa shape index (κ1) is 15.5. The maximum absolute atomic E-state index is 6.01. The molecule has 0 aliphatic heterocycles. The van der Waals surface area contributed by atoms with E-state index in [9.17, 15) is 0 Å². The van der Waals surface area contributed by atoms with Crippen LogP contribution in [0, 0.1) is 0 Å². The maximum Gasteiger partial charge on any atom is 0.106 e. The standard InChI is InChI=1S/C15H22ClN3S/c1-19(2)15(7-3-4-8-15)10-18-13-6-5-11(16)9-12(13)14(17)20/h5-6,9,18H,3-4,7-8,10H2,1-2H3,(H2,17,20). The van der Waals surface area contributed by atoms with Crippen molar-refractivity contribution in [1.82, 2.24) is 4.90 Å². The molecule has 3 N–H and O–H groups in total. The molecule has 1 saturated carbocycles. The van der Waals surface area contributed by atoms with E-state index < -0.39 is 0 Å². The van der Waals surface area contributed by atoms with Crippen LogP contribution in [0.2, 0.25) is 5.02 Å². The van der Waals surface area contributed by atoms with Crippen molar-refractivity contribution in [3.63, 3.8) is 0 Å². The molecule has 1 aromatic carbocycles. The second-order valence-electron chi connectivity index (χ2n) is 5.73. The molecule has 20 heavy (non-hydrogen) atoms. The molecule has 0 saturated heterocycles. The summed E-state index contributed by atoms with van der Waals surface area (Å²) < 4.78 is 0. The van der Waals surface area contributed by atoms with Crippen molar-refractivity contribution in [2.75, 3.05) is 26.0 Å². The van der Waals surface area contributed by atoms with Gasteiger partial charge in [0.05, 0.1) is 0 Å². The predicted molar refractivity (Wildman–Crippen MR) is 90.7 cm³/mol. The van der Waals surface area contributed by atoms with E-state index in [1.165, 1.54) is 25.7 Å². The van der Waals surface area contributed by atoms with Crippen LogP contribution in [-0.4, -0.2) is 36.1 Å². The van der Waals surface area contributed by atoms with Gasteiger partial charge in [0.1, 0.15) is 4.99 Å². The minimum Gasteiger partial charge on any atom is -0.389 e. The third-order valence-electron chi connectivity index (χ3n) is 4.34. The summed E-state index contributed by atoms with van der Waals surface area (Å²) in [6, 6.07) is 5.64. The van der Waals surface area contributed by atoms with Crippen LogP contribution in [0.25, 0.3) is 0 Å². The summed E-state index contributed by atoms with van der Waals surface area (Å²) >= 11 is 11.1. The Morgan fingerprint density at radius 2 is 2.05 bits per heavy atom. The number of nitrogens with two attached hydrogens (primary N) is 1. The Bertz CT molecular complexity index is 496. The first-order valence-corrected chi connectivity index (χ1v) is 7.74. The van der Waals surface area contributed by atoms with Crippen LogP contribution < -0.4 is 11.1 Å². The van der Waals surface area contributed by atoms with Crippen LogP contribution in [0.1, 0.15) is 31.2 Å². The van der Waals surface area contributed by atoms with E-state index in [-0.39, 0.29) is 5.54 Å². The molecular formula is C15H22ClN3S. The third-order valence-corrected chi connectivity index (χ3v) is 4.79. The molecule has 5 heteroatoms. The predicted octanol–water partition coefficient (Wildman–Crippen LogP) is 3.26. The molecule has 0 bridgehead atoms. The molecule has 0 aromatic heterocycles. The van der Waals surface area contributed by atoms with E-state index >= 15 is 0 Å². The Hall–Kier alpha value is -0.840. The number of rotatable bonds is 5. The highest BCUT2D eigenvalue weighted by Gasteiger charge is 2.35. The van der Waals surface area contributed by atoms with E-state index in [4.69, 9.17) is 29.6 Å². The highest BCUT2D eigenvalue weighted by atomic mass is 35.5. The first-order chi connectivity index (χ1) is 9.44. The Kier molecular flexibility index (Phi) is 4.89. The van der Waals surface area contributed by atoms with Gasteiger partial charge in [-0.15, -0.1) is 0 Å². The van der Waals surface area contributed by atoms with Gasteiger partial charge < -0.3 is 16.0 Å². The lowest BCUT2D eigenvalue weighted by Crippen LogP contribution is -2.47. The molecule has 0 amide bonds. The highest BCUT2D eigenvalue weighted by Crippen LogP contribution is 2.34. The van der Waals surface area contributed by atoms with Gasteiger partial charge in [0.15, 0.2) is 0 Å². The van der Waals surface area contributed by atoms with Crippen LogP contribution in [0.5, 0.6) is 0 Å². The zero-order chi connectivity index (χ0) is 14.8. The summed E-state index contributed by atoms with van der Waals surface area (Å²) in [6.45, 7) is 0.900. The zero-order valence-corrected chi connectivity index (χ0v) is 13.7. The Labute approximate surface area is 131 Å². The first-order valence-electron chi connectivity index (χ1n) is 6.95. The Balaban J connectivity index is 2.16. The molecule has 2 rings (SSSR count). The van der Waals surface area contributed by atoms with Crippen LogP contribution in [0.4, 0.5) is 5.69 Å². The normalized spacial score (nSPS) is 17.4. The quantitative estimate of drug-likeness (QED) is 0.819. The van der Waals surface area contributed by atoms with Crippen LogP contribution in [0.3, 0.4) is 0 Å². The SMILES string of the molecule is CN(C)C1(CNc2ccc(Cl)cc2C(N)=S)CCCC1. The van der Waals surface area contributed by atoms with Crippen LogP contribution in [-0.2, 0) is 0 Å². The average molecular weight is 312 g/mol. The molecule has 1 aromatic rings. The molecule has 1 aliphatic carbocycles. The molecule has 0 radical (unpaired) electrons. The fourth-order valence-corrected chi connectivity index (χ4v) is 3.29. The van der Waals surface area contributed by atoms with E-state index in [1.54, 1.807) is 0 Å². The zero-order valence-electron chi connectivity index (χ0n) is 12.1. The molecule has 3 nitrogen and oxygen atoms in total. The van der Waals surface area contributed by atoms with Gasteiger partial charge in [-0.2, -0.15) is 0 Å². The number of thiocarbonyl (C=S) groups is 1. The summed E-state index contributed by atoms with van der Waals surface area (Å²) in [4.78, 5) is 2.71. The summed E-state index contributed by atoms with van der Waals surface area (Å²) in [7, 11) is 4.31. The van der Waals surface area contributed by atoms with Crippen molar-refractivity contribution < 1.29 is 0 Å². The summed E-state index contributed by atoms with van der Waals surface area (Å²) in [6.07, 6.45) is 5.04. The fourth-order valence-electron chi connectivity index (χ4n) is 2.95. The van der Waals surface area contributed by atoms with E-state index in [1.807, 2.05) is 18.2 Å². The summed E-state index contributed by atoms with van der Waals surface area (Å²) in [5, 5.41) is 4.17. The van der Waals surface area contributed by atoms with Gasteiger partial charge in [-0.25, -0.2) is 0 Å². The van der Waals surface area contributed by atoms with Gasteiger partial charge in [0, 0.05) is 28.4 Å². The monoisotopic (exact) mass is 311 g/mol. The second kappa shape index (κ2) is 6.29. The van der Waals surface area contributed by atoms with Crippen LogP contribution >= 0.6 is 23.8 Å². The van der Waals surface area contributed by atoms with E-state index in [0.717, 1.165) is 17.8 Å². The van der Waals surface area contributed by atoms with Crippen LogP contribution in [0.15, 0.2) is 18.2 Å². The Morgan fingerprint density at radius 1 is 1.40 bits per heavy atom. The van der Waals surface area contributed by atoms with E-state index in [2.05, 4.69) is 24.3 Å². The molecule has 0 spiro atoms. The van der Waals surface area contributed by atoms with Gasteiger partial charge in [-0.1, -0.05) is 36.7 Å². The third kappa shape index (κ3) is 3.25. The minimum atomic E-state index is 0.229. The number of benzene rings is 1. The lowest BCUT2D eigenvalue weighted by molar-refractivity contribution is 0.172. The Morgan fingerprint density at radius 3 is 2.60 bits per heavy atom. The lowest BCUT2D eigenvalue weighted by atomic mass is 9.95. The fraction of sp³-hybridized carbons (Fsp3) is 0.533. The van der Waals surface area contributed by atoms with Gasteiger partial charge in [0.2, 0.25) is 0 Å². The molecule has 0 unspecified atom stereocenters. The van der Waals surface area contributed by atoms with Gasteiger partial charge in [-0.3, -0.25) is 0 Å². The second-order valence-corrected chi connectivity index (χ2v) is 6.61. The van der Waals surface area contributed by atoms with E-state index in [0.29, 0.717) is 10.0 Å². The summed E-state index contributed by atoms with van der Waals surface area (Å²) in [5.74, 6) is 0. The highest BCUT2D eigenvalue weighted by molar-refractivity contribution is 7.80. The maximum atomic E-state index is 6.01. The molecular weight excluding hydrogens is 290 g/mol. The van der Waals surface area contributed by atoms with Crippen molar-refractivity contribution in [3.8, 4) is 0 Å². The molecule has 110 valence electrons. The van der Waals surface area contributed by atoms with Crippen molar-refractivity contribution >= 4 is 34.5 Å². The average Bonchev–Trinajstić information content (AvgIpc) is 2.87. The topological polar surface area (TPSA) is 41.3 Å². The number of anilines is 1. The van der Waals surface area contributed by atoms with Gasteiger partial charge in [-0.05, 0) is 45.1 Å².